The Hall–Kier alpha value is -2.24. The summed E-state index contributed by atoms with van der Waals surface area (Å²) in [6.45, 7) is 0. The topological polar surface area (TPSA) is 61.4 Å². The molecule has 7 heteroatoms. The predicted molar refractivity (Wildman–Crippen MR) is 120 cm³/mol. The molecule has 0 aromatic heterocycles. The molecular weight excluding hydrogens is 409 g/mol. The fraction of sp³-hybridized carbons (Fsp3) is 0.364. The summed E-state index contributed by atoms with van der Waals surface area (Å²) in [6, 6.07) is 10.2. The molecule has 2 aromatic carbocycles. The van der Waals surface area contributed by atoms with Gasteiger partial charge in [0.2, 0.25) is 0 Å². The molecule has 2 N–H and O–H groups in total. The van der Waals surface area contributed by atoms with Crippen LogP contribution in [-0.2, 0) is 0 Å². The number of amides is 2. The van der Waals surface area contributed by atoms with E-state index in [9.17, 15) is 9.59 Å². The van der Waals surface area contributed by atoms with Crippen molar-refractivity contribution in [3.8, 4) is 0 Å². The number of rotatable bonds is 5. The van der Waals surface area contributed by atoms with Gasteiger partial charge in [-0.3, -0.25) is 9.59 Å². The molecular formula is C22H25Cl2N3O2. The number of halogens is 2. The van der Waals surface area contributed by atoms with E-state index in [1.165, 1.54) is 12.5 Å². The fourth-order valence-corrected chi connectivity index (χ4v) is 3.83. The lowest BCUT2D eigenvalue weighted by molar-refractivity contribution is 0.0927. The molecule has 0 saturated heterocycles. The van der Waals surface area contributed by atoms with Crippen LogP contribution in [0.2, 0.25) is 10.0 Å². The van der Waals surface area contributed by atoms with E-state index in [0.717, 1.165) is 31.4 Å². The zero-order valence-electron chi connectivity index (χ0n) is 16.6. The second-order valence-electron chi connectivity index (χ2n) is 7.52. The predicted octanol–water partition coefficient (Wildman–Crippen LogP) is 5.37. The second kappa shape index (κ2) is 9.51. The first-order chi connectivity index (χ1) is 13.8. The number of hydrogen-bond acceptors (Lipinski definition) is 3. The Morgan fingerprint density at radius 3 is 2.31 bits per heavy atom. The zero-order chi connectivity index (χ0) is 21.0. The number of nitrogens with zero attached hydrogens (tertiary/aromatic N) is 1. The monoisotopic (exact) mass is 433 g/mol. The number of hydrogen-bond donors (Lipinski definition) is 2. The Morgan fingerprint density at radius 2 is 1.66 bits per heavy atom. The molecule has 1 saturated carbocycles. The largest absolute Gasteiger partial charge is 0.377 e. The van der Waals surface area contributed by atoms with Gasteiger partial charge in [-0.25, -0.2) is 0 Å². The maximum atomic E-state index is 12.9. The maximum absolute atomic E-state index is 12.9. The minimum atomic E-state index is -0.320. The summed E-state index contributed by atoms with van der Waals surface area (Å²) in [6.07, 6.45) is 5.54. The number of carbonyl (C=O) groups is 2. The highest BCUT2D eigenvalue weighted by Gasteiger charge is 2.20. The summed E-state index contributed by atoms with van der Waals surface area (Å²) in [7, 11) is 3.78. The summed E-state index contributed by atoms with van der Waals surface area (Å²) >= 11 is 11.9. The molecule has 0 aliphatic heterocycles. The van der Waals surface area contributed by atoms with Gasteiger partial charge >= 0.3 is 0 Å². The Morgan fingerprint density at radius 1 is 0.931 bits per heavy atom. The molecule has 1 aliphatic carbocycles. The van der Waals surface area contributed by atoms with Gasteiger partial charge in [0.25, 0.3) is 11.8 Å². The van der Waals surface area contributed by atoms with Crippen molar-refractivity contribution < 1.29 is 9.59 Å². The highest BCUT2D eigenvalue weighted by Crippen LogP contribution is 2.26. The average molecular weight is 434 g/mol. The first kappa shape index (κ1) is 21.5. The Labute approximate surface area is 181 Å². The van der Waals surface area contributed by atoms with Gasteiger partial charge in [0.05, 0.1) is 15.6 Å². The second-order valence-corrected chi connectivity index (χ2v) is 8.33. The number of carbonyl (C=O) groups excluding carboxylic acids is 2. The van der Waals surface area contributed by atoms with Crippen molar-refractivity contribution in [3.63, 3.8) is 0 Å². The lowest BCUT2D eigenvalue weighted by atomic mass is 9.95. The van der Waals surface area contributed by atoms with E-state index in [2.05, 4.69) is 10.6 Å². The zero-order valence-corrected chi connectivity index (χ0v) is 18.1. The third-order valence-electron chi connectivity index (χ3n) is 5.10. The molecule has 1 fully saturated rings. The van der Waals surface area contributed by atoms with Gasteiger partial charge in [0, 0.05) is 37.1 Å². The third kappa shape index (κ3) is 5.43. The van der Waals surface area contributed by atoms with Crippen LogP contribution in [0.1, 0.15) is 52.8 Å². The molecule has 2 aromatic rings. The van der Waals surface area contributed by atoms with Gasteiger partial charge in [-0.1, -0.05) is 42.5 Å². The summed E-state index contributed by atoms with van der Waals surface area (Å²) in [5, 5.41) is 6.68. The Bertz CT molecular complexity index is 909. The molecule has 0 spiro atoms. The van der Waals surface area contributed by atoms with Gasteiger partial charge in [-0.05, 0) is 49.2 Å². The molecule has 0 unspecified atom stereocenters. The van der Waals surface area contributed by atoms with Crippen LogP contribution in [0.3, 0.4) is 0 Å². The van der Waals surface area contributed by atoms with E-state index in [1.807, 2.05) is 25.1 Å². The maximum Gasteiger partial charge on any atom is 0.255 e. The van der Waals surface area contributed by atoms with Gasteiger partial charge in [0.15, 0.2) is 0 Å². The van der Waals surface area contributed by atoms with E-state index in [0.29, 0.717) is 26.9 Å². The van der Waals surface area contributed by atoms with Crippen molar-refractivity contribution in [2.24, 2.45) is 0 Å². The SMILES string of the molecule is CN(C)c1ccc(NC(=O)c2ccc(Cl)c(Cl)c2)cc1C(=O)NC1CCCCC1. The van der Waals surface area contributed by atoms with Crippen molar-refractivity contribution in [2.45, 2.75) is 38.1 Å². The molecule has 1 aliphatic rings. The van der Waals surface area contributed by atoms with E-state index in [4.69, 9.17) is 23.2 Å². The molecule has 3 rings (SSSR count). The van der Waals surface area contributed by atoms with Crippen LogP contribution in [0, 0.1) is 0 Å². The van der Waals surface area contributed by atoms with Gasteiger partial charge < -0.3 is 15.5 Å². The first-order valence-electron chi connectivity index (χ1n) is 9.74. The van der Waals surface area contributed by atoms with Crippen molar-refractivity contribution >= 4 is 46.4 Å². The normalized spacial score (nSPS) is 14.3. The van der Waals surface area contributed by atoms with Gasteiger partial charge in [0.1, 0.15) is 0 Å². The summed E-state index contributed by atoms with van der Waals surface area (Å²) < 4.78 is 0. The molecule has 154 valence electrons. The van der Waals surface area contributed by atoms with Crippen LogP contribution < -0.4 is 15.5 Å². The Balaban J connectivity index is 1.80. The van der Waals surface area contributed by atoms with Crippen LogP contribution in [0.4, 0.5) is 11.4 Å². The van der Waals surface area contributed by atoms with Gasteiger partial charge in [-0.15, -0.1) is 0 Å². The summed E-state index contributed by atoms with van der Waals surface area (Å²) in [4.78, 5) is 27.4. The van der Waals surface area contributed by atoms with E-state index < -0.39 is 0 Å². The quantitative estimate of drug-likeness (QED) is 0.665. The lowest BCUT2D eigenvalue weighted by Crippen LogP contribution is -2.36. The van der Waals surface area contributed by atoms with Crippen LogP contribution in [0.5, 0.6) is 0 Å². The van der Waals surface area contributed by atoms with Gasteiger partial charge in [-0.2, -0.15) is 0 Å². The molecule has 0 atom stereocenters. The molecule has 5 nitrogen and oxygen atoms in total. The van der Waals surface area contributed by atoms with Crippen molar-refractivity contribution in [1.82, 2.24) is 5.32 Å². The minimum absolute atomic E-state index is 0.119. The number of anilines is 2. The number of benzene rings is 2. The first-order valence-corrected chi connectivity index (χ1v) is 10.5. The van der Waals surface area contributed by atoms with Crippen molar-refractivity contribution in [3.05, 3.63) is 57.6 Å². The summed E-state index contributed by atoms with van der Waals surface area (Å²) in [5.74, 6) is -0.439. The molecule has 0 bridgehead atoms. The fourth-order valence-electron chi connectivity index (χ4n) is 3.54. The van der Waals surface area contributed by atoms with E-state index >= 15 is 0 Å². The molecule has 0 radical (unpaired) electrons. The number of nitrogens with one attached hydrogen (secondary N) is 2. The lowest BCUT2D eigenvalue weighted by Gasteiger charge is -2.24. The summed E-state index contributed by atoms with van der Waals surface area (Å²) in [5.41, 5.74) is 2.27. The van der Waals surface area contributed by atoms with Crippen LogP contribution in [-0.4, -0.2) is 32.0 Å². The van der Waals surface area contributed by atoms with Crippen molar-refractivity contribution in [1.29, 1.82) is 0 Å². The van der Waals surface area contributed by atoms with E-state index in [-0.39, 0.29) is 17.9 Å². The third-order valence-corrected chi connectivity index (χ3v) is 5.84. The molecule has 2 amide bonds. The highest BCUT2D eigenvalue weighted by atomic mass is 35.5. The van der Waals surface area contributed by atoms with Crippen LogP contribution >= 0.6 is 23.2 Å². The molecule has 0 heterocycles. The standard InChI is InChI=1S/C22H25Cl2N3O2/c1-27(2)20-11-9-16(26-21(28)14-8-10-18(23)19(24)12-14)13-17(20)22(29)25-15-6-4-3-5-7-15/h8-13,15H,3-7H2,1-2H3,(H,25,29)(H,26,28). The van der Waals surface area contributed by atoms with E-state index in [1.54, 1.807) is 24.3 Å². The highest BCUT2D eigenvalue weighted by molar-refractivity contribution is 6.42. The van der Waals surface area contributed by atoms with Crippen molar-refractivity contribution in [2.75, 3.05) is 24.3 Å². The molecule has 29 heavy (non-hydrogen) atoms. The van der Waals surface area contributed by atoms with Crippen LogP contribution in [0.15, 0.2) is 36.4 Å². The Kier molecular flexibility index (Phi) is 7.04. The average Bonchev–Trinajstić information content (AvgIpc) is 2.70. The minimum Gasteiger partial charge on any atom is -0.377 e. The van der Waals surface area contributed by atoms with Crippen LogP contribution in [0.25, 0.3) is 0 Å². The smallest absolute Gasteiger partial charge is 0.255 e.